The Morgan fingerprint density at radius 2 is 0.648 bits per heavy atom. The number of rotatable bonds is 27. The highest BCUT2D eigenvalue weighted by Crippen LogP contribution is 2.25. The van der Waals surface area contributed by atoms with Crippen molar-refractivity contribution >= 4 is 5.97 Å². The van der Waals surface area contributed by atoms with E-state index >= 15 is 0 Å². The van der Waals surface area contributed by atoms with Crippen molar-refractivity contribution in [2.24, 2.45) is 5.92 Å². The van der Waals surface area contributed by atoms with Crippen molar-refractivity contribution < 1.29 is 9.53 Å². The topological polar surface area (TPSA) is 26.3 Å². The van der Waals surface area contributed by atoms with Crippen LogP contribution in [0.1, 0.15) is 204 Å². The van der Waals surface area contributed by atoms with Crippen molar-refractivity contribution in [3.8, 4) is 0 Å². The van der Waals surface area contributed by atoms with Crippen molar-refractivity contribution in [1.82, 2.24) is 0 Å². The van der Waals surface area contributed by atoms with Gasteiger partial charge in [-0.1, -0.05) is 118 Å². The lowest BCUT2D eigenvalue weighted by Crippen LogP contribution is -2.20. The molecule has 0 atom stereocenters. The number of esters is 1. The van der Waals surface area contributed by atoms with E-state index in [1.54, 1.807) is 0 Å². The summed E-state index contributed by atoms with van der Waals surface area (Å²) in [4.78, 5) is 12.2. The van der Waals surface area contributed by atoms with Crippen LogP contribution in [0.15, 0.2) is 105 Å². The third-order valence-corrected chi connectivity index (χ3v) is 10.9. The van der Waals surface area contributed by atoms with E-state index in [1.807, 2.05) is 0 Å². The van der Waals surface area contributed by atoms with E-state index in [2.05, 4.69) is 124 Å². The van der Waals surface area contributed by atoms with Crippen LogP contribution in [0.2, 0.25) is 0 Å². The Morgan fingerprint density at radius 3 is 0.926 bits per heavy atom. The number of hydrogen-bond donors (Lipinski definition) is 0. The summed E-state index contributed by atoms with van der Waals surface area (Å²) in [5, 5.41) is 0. The van der Waals surface area contributed by atoms with Gasteiger partial charge in [0.1, 0.15) is 6.61 Å². The number of ether oxygens (including phenoxy) is 1. The number of carbonyl (C=O) groups excluding carboxylic acids is 1. The van der Waals surface area contributed by atoms with E-state index < -0.39 is 0 Å². The maximum absolute atomic E-state index is 12.2. The third-order valence-electron chi connectivity index (χ3n) is 10.9. The van der Waals surface area contributed by atoms with Gasteiger partial charge in [0, 0.05) is 0 Å². The van der Waals surface area contributed by atoms with Crippen LogP contribution in [-0.4, -0.2) is 12.6 Å². The molecule has 54 heavy (non-hydrogen) atoms. The fourth-order valence-corrected chi connectivity index (χ4v) is 6.95. The summed E-state index contributed by atoms with van der Waals surface area (Å²) in [7, 11) is 0. The summed E-state index contributed by atoms with van der Waals surface area (Å²) < 4.78 is 5.52. The zero-order valence-corrected chi connectivity index (χ0v) is 37.1. The van der Waals surface area contributed by atoms with Crippen LogP contribution >= 0.6 is 0 Å². The molecule has 0 saturated heterocycles. The Balaban J connectivity index is 2.20. The van der Waals surface area contributed by atoms with Crippen LogP contribution in [0.5, 0.6) is 0 Å². The van der Waals surface area contributed by atoms with Gasteiger partial charge in [0.15, 0.2) is 0 Å². The first-order valence-corrected chi connectivity index (χ1v) is 21.9. The summed E-state index contributed by atoms with van der Waals surface area (Å²) >= 11 is 0. The number of carbonyl (C=O) groups is 1. The maximum Gasteiger partial charge on any atom is 0.309 e. The van der Waals surface area contributed by atoms with E-state index in [9.17, 15) is 4.79 Å². The summed E-state index contributed by atoms with van der Waals surface area (Å²) in [6.45, 7) is 22.9. The smallest absolute Gasteiger partial charge is 0.309 e. The molecule has 0 radical (unpaired) electrons. The maximum atomic E-state index is 12.2. The Morgan fingerprint density at radius 1 is 0.389 bits per heavy atom. The lowest BCUT2D eigenvalue weighted by Gasteiger charge is -2.19. The fraction of sp³-hybridized carbons (Fsp3) is 0.635. The Bertz CT molecular complexity index is 1340. The monoisotopic (exact) mass is 741 g/mol. The van der Waals surface area contributed by atoms with Gasteiger partial charge >= 0.3 is 5.97 Å². The molecule has 0 aliphatic heterocycles. The molecule has 0 bridgehead atoms. The van der Waals surface area contributed by atoms with Crippen molar-refractivity contribution in [3.05, 3.63) is 105 Å². The van der Waals surface area contributed by atoms with Crippen LogP contribution < -0.4 is 0 Å². The minimum absolute atomic E-state index is 0.00710. The standard InChI is InChI=1S/C52H84O2/c1-42(2)22-14-23-43(3)24-15-25-44(4)26-16-27-45(5)28-17-29-46(6)30-18-31-47(7)32-19-33-48(8)34-20-35-49(9)36-21-37-50(10)40-41-54-52(53)51-38-12-11-13-39-51/h22,24,26,28,30,32,34,36,40,51H,11-21,23,25,27,29,31,33,35,37-39,41H2,1-10H3. The fourth-order valence-electron chi connectivity index (χ4n) is 6.95. The van der Waals surface area contributed by atoms with Gasteiger partial charge in [-0.15, -0.1) is 0 Å². The zero-order valence-electron chi connectivity index (χ0n) is 37.1. The second-order valence-corrected chi connectivity index (χ2v) is 17.0. The molecule has 0 aromatic heterocycles. The summed E-state index contributed by atoms with van der Waals surface area (Å²) in [6, 6.07) is 0. The molecular weight excluding hydrogens is 657 g/mol. The van der Waals surface area contributed by atoms with Gasteiger partial charge in [-0.3, -0.25) is 4.79 Å². The average Bonchev–Trinajstić information content (AvgIpc) is 3.11. The summed E-state index contributed by atoms with van der Waals surface area (Å²) in [5.41, 5.74) is 13.3. The molecule has 0 N–H and O–H groups in total. The molecular formula is C52H84O2. The minimum atomic E-state index is 0.00710. The molecule has 0 unspecified atom stereocenters. The molecule has 0 spiro atoms. The van der Waals surface area contributed by atoms with Crippen molar-refractivity contribution in [1.29, 1.82) is 0 Å². The zero-order chi connectivity index (χ0) is 40.0. The Kier molecular flexibility index (Phi) is 28.5. The van der Waals surface area contributed by atoms with E-state index in [0.717, 1.165) is 77.0 Å². The van der Waals surface area contributed by atoms with Gasteiger partial charge in [0.2, 0.25) is 0 Å². The first kappa shape index (κ1) is 49.1. The highest BCUT2D eigenvalue weighted by molar-refractivity contribution is 5.72. The number of hydrogen-bond acceptors (Lipinski definition) is 2. The van der Waals surface area contributed by atoms with Crippen molar-refractivity contribution in [3.63, 3.8) is 0 Å². The van der Waals surface area contributed by atoms with Gasteiger partial charge in [0.05, 0.1) is 5.92 Å². The quantitative estimate of drug-likeness (QED) is 0.0619. The molecule has 2 nitrogen and oxygen atoms in total. The highest BCUT2D eigenvalue weighted by atomic mass is 16.5. The molecule has 1 aliphatic carbocycles. The van der Waals surface area contributed by atoms with Crippen LogP contribution in [0.3, 0.4) is 0 Å². The molecule has 0 heterocycles. The molecule has 0 amide bonds. The summed E-state index contributed by atoms with van der Waals surface area (Å²) in [5.74, 6) is 0.142. The van der Waals surface area contributed by atoms with Gasteiger partial charge in [0.25, 0.3) is 0 Å². The number of allylic oxidation sites excluding steroid dienone is 17. The Labute approximate surface area is 335 Å². The van der Waals surface area contributed by atoms with Crippen LogP contribution in [0.4, 0.5) is 0 Å². The lowest BCUT2D eigenvalue weighted by atomic mass is 9.89. The molecule has 0 aromatic rings. The van der Waals surface area contributed by atoms with E-state index in [1.165, 1.54) is 108 Å². The van der Waals surface area contributed by atoms with E-state index in [0.29, 0.717) is 6.61 Å². The SMILES string of the molecule is CC(C)=CCCC(C)=CCCC(C)=CCCC(C)=CCCC(C)=CCCC(C)=CCCC(C)=CCCC(C)=CCCC(C)=CCOC(=O)C1CCCCC1. The average molecular weight is 741 g/mol. The normalized spacial score (nSPS) is 16.3. The molecule has 2 heteroatoms. The molecule has 1 aliphatic rings. The van der Waals surface area contributed by atoms with E-state index in [-0.39, 0.29) is 11.9 Å². The van der Waals surface area contributed by atoms with Gasteiger partial charge in [-0.05, 0) is 191 Å². The first-order valence-electron chi connectivity index (χ1n) is 21.9. The van der Waals surface area contributed by atoms with Gasteiger partial charge in [-0.2, -0.15) is 0 Å². The third kappa shape index (κ3) is 28.6. The highest BCUT2D eigenvalue weighted by Gasteiger charge is 2.21. The summed E-state index contributed by atoms with van der Waals surface area (Å²) in [6.07, 6.45) is 45.4. The molecule has 304 valence electrons. The molecule has 0 aromatic carbocycles. The first-order chi connectivity index (χ1) is 25.8. The van der Waals surface area contributed by atoms with Gasteiger partial charge in [-0.25, -0.2) is 0 Å². The van der Waals surface area contributed by atoms with Crippen molar-refractivity contribution in [2.75, 3.05) is 6.61 Å². The van der Waals surface area contributed by atoms with Gasteiger partial charge < -0.3 is 4.74 Å². The lowest BCUT2D eigenvalue weighted by molar-refractivity contribution is -0.148. The second-order valence-electron chi connectivity index (χ2n) is 17.0. The molecule has 1 rings (SSSR count). The van der Waals surface area contributed by atoms with Crippen molar-refractivity contribution in [2.45, 2.75) is 204 Å². The van der Waals surface area contributed by atoms with Crippen LogP contribution in [0, 0.1) is 5.92 Å². The van der Waals surface area contributed by atoms with E-state index in [4.69, 9.17) is 4.74 Å². The van der Waals surface area contributed by atoms with Crippen LogP contribution in [0.25, 0.3) is 0 Å². The molecule has 1 fully saturated rings. The van der Waals surface area contributed by atoms with Crippen LogP contribution in [-0.2, 0) is 9.53 Å². The predicted molar refractivity (Wildman–Crippen MR) is 241 cm³/mol. The molecule has 1 saturated carbocycles. The largest absolute Gasteiger partial charge is 0.461 e. The minimum Gasteiger partial charge on any atom is -0.461 e. The second kappa shape index (κ2) is 31.3. The predicted octanol–water partition coefficient (Wildman–Crippen LogP) is 16.9. The Hall–Kier alpha value is -2.87.